The van der Waals surface area contributed by atoms with Crippen molar-refractivity contribution in [3.05, 3.63) is 90.8 Å². The Labute approximate surface area is 170 Å². The SMILES string of the molecule is C=CCOc1ccc(/C=C/C(=O)Nc2cccc(Cn3cccn3)c2)cc1OC. The van der Waals surface area contributed by atoms with Gasteiger partial charge < -0.3 is 14.8 Å². The highest BCUT2D eigenvalue weighted by Gasteiger charge is 2.05. The molecule has 1 N–H and O–H groups in total. The van der Waals surface area contributed by atoms with E-state index >= 15 is 0 Å². The van der Waals surface area contributed by atoms with Gasteiger partial charge in [0.25, 0.3) is 0 Å². The van der Waals surface area contributed by atoms with E-state index in [0.29, 0.717) is 24.7 Å². The van der Waals surface area contributed by atoms with Crippen LogP contribution in [0.4, 0.5) is 5.69 Å². The van der Waals surface area contributed by atoms with Gasteiger partial charge in [-0.25, -0.2) is 0 Å². The number of aromatic nitrogens is 2. The number of amides is 1. The first-order valence-electron chi connectivity index (χ1n) is 9.15. The Hall–Kier alpha value is -3.80. The highest BCUT2D eigenvalue weighted by Crippen LogP contribution is 2.28. The topological polar surface area (TPSA) is 65.4 Å². The zero-order valence-corrected chi connectivity index (χ0v) is 16.2. The number of hydrogen-bond donors (Lipinski definition) is 1. The van der Waals surface area contributed by atoms with Gasteiger partial charge >= 0.3 is 0 Å². The molecule has 6 heteroatoms. The Bertz CT molecular complexity index is 994. The lowest BCUT2D eigenvalue weighted by Crippen LogP contribution is -2.08. The smallest absolute Gasteiger partial charge is 0.248 e. The molecule has 0 atom stereocenters. The third-order valence-electron chi connectivity index (χ3n) is 4.07. The van der Waals surface area contributed by atoms with Crippen LogP contribution in [0, 0.1) is 0 Å². The van der Waals surface area contributed by atoms with E-state index in [4.69, 9.17) is 9.47 Å². The number of methoxy groups -OCH3 is 1. The van der Waals surface area contributed by atoms with Crippen molar-refractivity contribution in [2.75, 3.05) is 19.0 Å². The van der Waals surface area contributed by atoms with Crippen LogP contribution in [0.1, 0.15) is 11.1 Å². The number of benzene rings is 2. The maximum absolute atomic E-state index is 12.3. The summed E-state index contributed by atoms with van der Waals surface area (Å²) in [6, 6.07) is 15.0. The summed E-state index contributed by atoms with van der Waals surface area (Å²) in [5, 5.41) is 7.07. The van der Waals surface area contributed by atoms with E-state index in [1.54, 1.807) is 31.5 Å². The molecule has 0 aliphatic rings. The molecule has 2 aromatic carbocycles. The molecule has 1 heterocycles. The van der Waals surface area contributed by atoms with Crippen molar-refractivity contribution in [3.63, 3.8) is 0 Å². The number of anilines is 1. The molecule has 0 saturated carbocycles. The van der Waals surface area contributed by atoms with Gasteiger partial charge in [0.15, 0.2) is 11.5 Å². The van der Waals surface area contributed by atoms with E-state index in [-0.39, 0.29) is 5.91 Å². The minimum Gasteiger partial charge on any atom is -0.493 e. The van der Waals surface area contributed by atoms with Crippen LogP contribution in [0.3, 0.4) is 0 Å². The Balaban J connectivity index is 1.63. The van der Waals surface area contributed by atoms with E-state index in [2.05, 4.69) is 17.0 Å². The third-order valence-corrected chi connectivity index (χ3v) is 4.07. The average Bonchev–Trinajstić information content (AvgIpc) is 3.24. The minimum atomic E-state index is -0.216. The van der Waals surface area contributed by atoms with Gasteiger partial charge in [-0.1, -0.05) is 30.9 Å². The standard InChI is InChI=1S/C23H23N3O3/c1-3-14-29-21-10-8-18(16-22(21)28-2)9-11-23(27)25-20-7-4-6-19(15-20)17-26-13-5-12-24-26/h3-13,15-16H,1,14,17H2,2H3,(H,25,27)/b11-9+. The molecule has 148 valence electrons. The number of nitrogens with zero attached hydrogens (tertiary/aromatic N) is 2. The highest BCUT2D eigenvalue weighted by molar-refractivity contribution is 6.02. The van der Waals surface area contributed by atoms with Crippen molar-refractivity contribution in [2.24, 2.45) is 0 Å². The second kappa shape index (κ2) is 9.94. The molecule has 0 aliphatic heterocycles. The van der Waals surface area contributed by atoms with Crippen LogP contribution in [0.2, 0.25) is 0 Å². The van der Waals surface area contributed by atoms with Crippen LogP contribution in [0.25, 0.3) is 6.08 Å². The summed E-state index contributed by atoms with van der Waals surface area (Å²) < 4.78 is 12.7. The van der Waals surface area contributed by atoms with Gasteiger partial charge in [0.05, 0.1) is 13.7 Å². The predicted octanol–water partition coefficient (Wildman–Crippen LogP) is 4.16. The van der Waals surface area contributed by atoms with Gasteiger partial charge in [-0.3, -0.25) is 9.48 Å². The Morgan fingerprint density at radius 1 is 1.21 bits per heavy atom. The normalized spacial score (nSPS) is 10.7. The molecule has 3 rings (SSSR count). The molecule has 0 spiro atoms. The molecule has 29 heavy (non-hydrogen) atoms. The molecular weight excluding hydrogens is 366 g/mol. The molecule has 0 bridgehead atoms. The molecule has 0 aliphatic carbocycles. The summed E-state index contributed by atoms with van der Waals surface area (Å²) in [5.41, 5.74) is 2.61. The lowest BCUT2D eigenvalue weighted by atomic mass is 10.1. The molecule has 0 fully saturated rings. The second-order valence-corrected chi connectivity index (χ2v) is 6.24. The van der Waals surface area contributed by atoms with Gasteiger partial charge in [0, 0.05) is 24.2 Å². The quantitative estimate of drug-likeness (QED) is 0.441. The number of ether oxygens (including phenoxy) is 2. The summed E-state index contributed by atoms with van der Waals surface area (Å²) in [6.07, 6.45) is 8.52. The third kappa shape index (κ3) is 5.84. The van der Waals surface area contributed by atoms with Gasteiger partial charge in [0.2, 0.25) is 5.91 Å². The largest absolute Gasteiger partial charge is 0.493 e. The molecule has 1 aromatic heterocycles. The van der Waals surface area contributed by atoms with E-state index in [9.17, 15) is 4.79 Å². The van der Waals surface area contributed by atoms with Crippen molar-refractivity contribution < 1.29 is 14.3 Å². The summed E-state index contributed by atoms with van der Waals surface area (Å²) >= 11 is 0. The Morgan fingerprint density at radius 3 is 2.86 bits per heavy atom. The van der Waals surface area contributed by atoms with Crippen LogP contribution in [0.15, 0.2) is 79.7 Å². The summed E-state index contributed by atoms with van der Waals surface area (Å²) in [7, 11) is 1.58. The van der Waals surface area contributed by atoms with Crippen molar-refractivity contribution in [1.29, 1.82) is 0 Å². The molecular formula is C23H23N3O3. The van der Waals surface area contributed by atoms with Crippen LogP contribution in [0.5, 0.6) is 11.5 Å². The zero-order chi connectivity index (χ0) is 20.5. The van der Waals surface area contributed by atoms with Crippen molar-refractivity contribution in [3.8, 4) is 11.5 Å². The molecule has 0 saturated heterocycles. The lowest BCUT2D eigenvalue weighted by Gasteiger charge is -2.09. The summed E-state index contributed by atoms with van der Waals surface area (Å²) in [5.74, 6) is 1.01. The van der Waals surface area contributed by atoms with Crippen LogP contribution < -0.4 is 14.8 Å². The highest BCUT2D eigenvalue weighted by atomic mass is 16.5. The van der Waals surface area contributed by atoms with Gasteiger partial charge in [-0.15, -0.1) is 0 Å². The van der Waals surface area contributed by atoms with E-state index in [1.165, 1.54) is 6.08 Å². The summed E-state index contributed by atoms with van der Waals surface area (Å²) in [4.78, 5) is 12.3. The first kappa shape index (κ1) is 19.9. The minimum absolute atomic E-state index is 0.216. The number of carbonyl (C=O) groups excluding carboxylic acids is 1. The Kier molecular flexibility index (Phi) is 6.84. The zero-order valence-electron chi connectivity index (χ0n) is 16.2. The maximum Gasteiger partial charge on any atom is 0.248 e. The fourth-order valence-electron chi connectivity index (χ4n) is 2.74. The van der Waals surface area contributed by atoms with Crippen LogP contribution in [-0.4, -0.2) is 29.4 Å². The number of rotatable bonds is 9. The van der Waals surface area contributed by atoms with Crippen molar-refractivity contribution in [2.45, 2.75) is 6.54 Å². The molecule has 0 unspecified atom stereocenters. The first-order chi connectivity index (χ1) is 14.2. The number of hydrogen-bond acceptors (Lipinski definition) is 4. The van der Waals surface area contributed by atoms with Gasteiger partial charge in [-0.2, -0.15) is 5.10 Å². The van der Waals surface area contributed by atoms with Crippen LogP contribution in [-0.2, 0) is 11.3 Å². The second-order valence-electron chi connectivity index (χ2n) is 6.24. The fourth-order valence-corrected chi connectivity index (χ4v) is 2.74. The Morgan fingerprint density at radius 2 is 2.10 bits per heavy atom. The molecule has 1 amide bonds. The number of carbonyl (C=O) groups is 1. The van der Waals surface area contributed by atoms with Crippen molar-refractivity contribution in [1.82, 2.24) is 9.78 Å². The molecule has 3 aromatic rings. The van der Waals surface area contributed by atoms with E-state index < -0.39 is 0 Å². The van der Waals surface area contributed by atoms with Crippen LogP contribution >= 0.6 is 0 Å². The first-order valence-corrected chi connectivity index (χ1v) is 9.15. The number of nitrogens with one attached hydrogen (secondary N) is 1. The van der Waals surface area contributed by atoms with Crippen molar-refractivity contribution >= 4 is 17.7 Å². The molecule has 6 nitrogen and oxygen atoms in total. The van der Waals surface area contributed by atoms with E-state index in [1.807, 2.05) is 53.3 Å². The summed E-state index contributed by atoms with van der Waals surface area (Å²) in [6.45, 7) is 4.67. The van der Waals surface area contributed by atoms with Gasteiger partial charge in [-0.05, 0) is 47.5 Å². The predicted molar refractivity (Wildman–Crippen MR) is 114 cm³/mol. The molecule has 0 radical (unpaired) electrons. The lowest BCUT2D eigenvalue weighted by molar-refractivity contribution is -0.111. The fraction of sp³-hybridized carbons (Fsp3) is 0.130. The van der Waals surface area contributed by atoms with Gasteiger partial charge in [0.1, 0.15) is 6.61 Å². The monoisotopic (exact) mass is 389 g/mol. The average molecular weight is 389 g/mol. The van der Waals surface area contributed by atoms with E-state index in [0.717, 1.165) is 16.8 Å². The maximum atomic E-state index is 12.3.